The summed E-state index contributed by atoms with van der Waals surface area (Å²) in [5.74, 6) is 0.0670. The summed E-state index contributed by atoms with van der Waals surface area (Å²) in [6, 6.07) is 1.30. The SMILES string of the molecule is Cc1cc(CN2C(=O)C(C(C)C)NC(=O)C2C)sc1C. The Labute approximate surface area is 124 Å². The molecule has 20 heavy (non-hydrogen) atoms. The third-order valence-corrected chi connectivity index (χ3v) is 5.04. The van der Waals surface area contributed by atoms with E-state index < -0.39 is 12.1 Å². The molecule has 1 fully saturated rings. The highest BCUT2D eigenvalue weighted by atomic mass is 32.1. The molecule has 0 aromatic carbocycles. The van der Waals surface area contributed by atoms with Crippen molar-refractivity contribution in [3.63, 3.8) is 0 Å². The lowest BCUT2D eigenvalue weighted by Gasteiger charge is -2.38. The fourth-order valence-electron chi connectivity index (χ4n) is 2.41. The lowest BCUT2D eigenvalue weighted by molar-refractivity contribution is -0.150. The lowest BCUT2D eigenvalue weighted by atomic mass is 9.98. The van der Waals surface area contributed by atoms with Gasteiger partial charge in [-0.3, -0.25) is 9.59 Å². The number of carbonyl (C=O) groups is 2. The van der Waals surface area contributed by atoms with Gasteiger partial charge in [0.15, 0.2) is 0 Å². The van der Waals surface area contributed by atoms with Crippen LogP contribution in [0.1, 0.15) is 36.1 Å². The summed E-state index contributed by atoms with van der Waals surface area (Å²) < 4.78 is 0. The highest BCUT2D eigenvalue weighted by Gasteiger charge is 2.39. The number of hydrogen-bond acceptors (Lipinski definition) is 3. The van der Waals surface area contributed by atoms with Gasteiger partial charge in [-0.1, -0.05) is 13.8 Å². The Morgan fingerprint density at radius 3 is 2.50 bits per heavy atom. The van der Waals surface area contributed by atoms with E-state index in [-0.39, 0.29) is 17.7 Å². The molecule has 110 valence electrons. The van der Waals surface area contributed by atoms with E-state index in [1.165, 1.54) is 10.4 Å². The Balaban J connectivity index is 2.23. The number of piperazine rings is 1. The van der Waals surface area contributed by atoms with Gasteiger partial charge in [-0.25, -0.2) is 0 Å². The molecule has 1 aromatic rings. The van der Waals surface area contributed by atoms with E-state index >= 15 is 0 Å². The molecule has 0 bridgehead atoms. The van der Waals surface area contributed by atoms with Gasteiger partial charge in [0.05, 0.1) is 6.54 Å². The molecule has 2 atom stereocenters. The zero-order valence-electron chi connectivity index (χ0n) is 12.7. The first-order valence-electron chi connectivity index (χ1n) is 6.98. The highest BCUT2D eigenvalue weighted by molar-refractivity contribution is 7.12. The molecule has 2 heterocycles. The molecular formula is C15H22N2O2S. The molecule has 0 saturated carbocycles. The van der Waals surface area contributed by atoms with Crippen LogP contribution in [0.2, 0.25) is 0 Å². The number of thiophene rings is 1. The highest BCUT2D eigenvalue weighted by Crippen LogP contribution is 2.25. The van der Waals surface area contributed by atoms with E-state index in [4.69, 9.17) is 0 Å². The number of carbonyl (C=O) groups excluding carboxylic acids is 2. The summed E-state index contributed by atoms with van der Waals surface area (Å²) in [4.78, 5) is 28.7. The molecule has 0 radical (unpaired) electrons. The second-order valence-electron chi connectivity index (χ2n) is 5.82. The van der Waals surface area contributed by atoms with E-state index in [2.05, 4.69) is 25.2 Å². The van der Waals surface area contributed by atoms with Crippen molar-refractivity contribution < 1.29 is 9.59 Å². The lowest BCUT2D eigenvalue weighted by Crippen LogP contribution is -2.63. The third kappa shape index (κ3) is 2.73. The van der Waals surface area contributed by atoms with E-state index in [0.717, 1.165) is 4.88 Å². The Morgan fingerprint density at radius 2 is 2.00 bits per heavy atom. The van der Waals surface area contributed by atoms with Crippen molar-refractivity contribution in [2.45, 2.75) is 53.2 Å². The minimum Gasteiger partial charge on any atom is -0.342 e. The fraction of sp³-hybridized carbons (Fsp3) is 0.600. The van der Waals surface area contributed by atoms with Gasteiger partial charge in [0, 0.05) is 9.75 Å². The second kappa shape index (κ2) is 5.56. The summed E-state index contributed by atoms with van der Waals surface area (Å²) in [5, 5.41) is 2.82. The molecule has 4 nitrogen and oxygen atoms in total. The van der Waals surface area contributed by atoms with Gasteiger partial charge in [-0.15, -0.1) is 11.3 Å². The van der Waals surface area contributed by atoms with E-state index in [9.17, 15) is 9.59 Å². The minimum atomic E-state index is -0.403. The van der Waals surface area contributed by atoms with Gasteiger partial charge in [-0.05, 0) is 38.3 Å². The molecule has 2 unspecified atom stereocenters. The quantitative estimate of drug-likeness (QED) is 0.929. The number of aryl methyl sites for hydroxylation is 2. The van der Waals surface area contributed by atoms with E-state index in [1.54, 1.807) is 23.2 Å². The van der Waals surface area contributed by atoms with Crippen LogP contribution < -0.4 is 5.32 Å². The maximum absolute atomic E-state index is 12.5. The van der Waals surface area contributed by atoms with Crippen LogP contribution in [-0.4, -0.2) is 28.8 Å². The van der Waals surface area contributed by atoms with Gasteiger partial charge in [-0.2, -0.15) is 0 Å². The summed E-state index contributed by atoms with van der Waals surface area (Å²) in [6.45, 7) is 10.4. The summed E-state index contributed by atoms with van der Waals surface area (Å²) in [6.07, 6.45) is 0. The van der Waals surface area contributed by atoms with Gasteiger partial charge in [0.2, 0.25) is 11.8 Å². The van der Waals surface area contributed by atoms with E-state index in [1.807, 2.05) is 13.8 Å². The van der Waals surface area contributed by atoms with Crippen molar-refractivity contribution in [1.82, 2.24) is 10.2 Å². The van der Waals surface area contributed by atoms with E-state index in [0.29, 0.717) is 6.54 Å². The zero-order chi connectivity index (χ0) is 15.0. The molecule has 2 amide bonds. The average Bonchev–Trinajstić information content (AvgIpc) is 2.68. The van der Waals surface area contributed by atoms with Crippen molar-refractivity contribution in [3.05, 3.63) is 21.4 Å². The standard InChI is InChI=1S/C15H22N2O2S/c1-8(2)13-15(19)17(10(4)14(18)16-13)7-12-6-9(3)11(5)20-12/h6,8,10,13H,7H2,1-5H3,(H,16,18). The first kappa shape index (κ1) is 15.0. The molecule has 1 aromatic heterocycles. The molecular weight excluding hydrogens is 272 g/mol. The molecule has 1 saturated heterocycles. The largest absolute Gasteiger partial charge is 0.342 e. The number of amides is 2. The molecule has 0 spiro atoms. The van der Waals surface area contributed by atoms with Crippen LogP contribution in [0.4, 0.5) is 0 Å². The predicted molar refractivity (Wildman–Crippen MR) is 80.6 cm³/mol. The predicted octanol–water partition coefficient (Wildman–Crippen LogP) is 2.24. The van der Waals surface area contributed by atoms with Crippen LogP contribution in [0.3, 0.4) is 0 Å². The maximum atomic E-state index is 12.5. The third-order valence-electron chi connectivity index (χ3n) is 3.90. The van der Waals surface area contributed by atoms with Crippen LogP contribution in [-0.2, 0) is 16.1 Å². The smallest absolute Gasteiger partial charge is 0.246 e. The van der Waals surface area contributed by atoms with Gasteiger partial charge in [0.25, 0.3) is 0 Å². The number of rotatable bonds is 3. The summed E-state index contributed by atoms with van der Waals surface area (Å²) in [5.41, 5.74) is 1.24. The van der Waals surface area contributed by atoms with Crippen molar-refractivity contribution in [2.24, 2.45) is 5.92 Å². The fourth-order valence-corrected chi connectivity index (χ4v) is 3.46. The Morgan fingerprint density at radius 1 is 1.35 bits per heavy atom. The monoisotopic (exact) mass is 294 g/mol. The first-order chi connectivity index (χ1) is 9.31. The average molecular weight is 294 g/mol. The van der Waals surface area contributed by atoms with Crippen LogP contribution in [0.5, 0.6) is 0 Å². The van der Waals surface area contributed by atoms with Gasteiger partial charge in [0.1, 0.15) is 12.1 Å². The number of nitrogens with zero attached hydrogens (tertiary/aromatic N) is 1. The van der Waals surface area contributed by atoms with Crippen molar-refractivity contribution in [2.75, 3.05) is 0 Å². The van der Waals surface area contributed by atoms with Gasteiger partial charge >= 0.3 is 0 Å². The maximum Gasteiger partial charge on any atom is 0.246 e. The van der Waals surface area contributed by atoms with Crippen molar-refractivity contribution in [1.29, 1.82) is 0 Å². The second-order valence-corrected chi connectivity index (χ2v) is 7.17. The topological polar surface area (TPSA) is 49.4 Å². The van der Waals surface area contributed by atoms with Crippen molar-refractivity contribution in [3.8, 4) is 0 Å². The Bertz CT molecular complexity index is 516. The summed E-state index contributed by atoms with van der Waals surface area (Å²) >= 11 is 1.70. The zero-order valence-corrected chi connectivity index (χ0v) is 13.5. The van der Waals surface area contributed by atoms with Crippen LogP contribution in [0.15, 0.2) is 6.07 Å². The van der Waals surface area contributed by atoms with Crippen molar-refractivity contribution >= 4 is 23.2 Å². The Kier molecular flexibility index (Phi) is 4.18. The number of nitrogens with one attached hydrogen (secondary N) is 1. The Hall–Kier alpha value is -1.36. The summed E-state index contributed by atoms with van der Waals surface area (Å²) in [7, 11) is 0. The molecule has 0 aliphatic carbocycles. The van der Waals surface area contributed by atoms with Crippen LogP contribution in [0.25, 0.3) is 0 Å². The van der Waals surface area contributed by atoms with Gasteiger partial charge < -0.3 is 10.2 Å². The first-order valence-corrected chi connectivity index (χ1v) is 7.79. The normalized spacial score (nSPS) is 23.4. The molecule has 1 aliphatic heterocycles. The molecule has 1 aliphatic rings. The number of hydrogen-bond donors (Lipinski definition) is 1. The van der Waals surface area contributed by atoms with Crippen LogP contribution in [0, 0.1) is 19.8 Å². The minimum absolute atomic E-state index is 0.0239. The van der Waals surface area contributed by atoms with Crippen LogP contribution >= 0.6 is 11.3 Å². The molecule has 2 rings (SSSR count). The molecule has 5 heteroatoms. The molecule has 1 N–H and O–H groups in total.